The summed E-state index contributed by atoms with van der Waals surface area (Å²) in [6.45, 7) is 6.36. The Morgan fingerprint density at radius 3 is 2.71 bits per heavy atom. The second-order valence-corrected chi connectivity index (χ2v) is 7.92. The summed E-state index contributed by atoms with van der Waals surface area (Å²) < 4.78 is 6.59. The normalized spacial score (nSPS) is 18.0. The Bertz CT molecular complexity index is 719. The summed E-state index contributed by atoms with van der Waals surface area (Å²) >= 11 is 3.45. The van der Waals surface area contributed by atoms with E-state index >= 15 is 0 Å². The van der Waals surface area contributed by atoms with Crippen LogP contribution in [0.25, 0.3) is 11.3 Å². The zero-order chi connectivity index (χ0) is 17.3. The molecule has 6 heteroatoms. The second-order valence-electron chi connectivity index (χ2n) is 7.00. The van der Waals surface area contributed by atoms with Crippen LogP contribution in [-0.2, 0) is 4.74 Å². The standard InChI is InChI=1S/C18H22BrN3O2/c1-18(2,3)24-17(23)22-10-4-5-14(22)16-15(20-11-21-16)12-6-8-13(19)9-7-12/h6-9,11,14H,4-5,10H2,1-3H3,(H,20,21)/t14-/m0/s1. The molecule has 1 aromatic carbocycles. The number of nitrogens with one attached hydrogen (secondary N) is 1. The van der Waals surface area contributed by atoms with Gasteiger partial charge in [0.1, 0.15) is 5.60 Å². The molecule has 0 bridgehead atoms. The van der Waals surface area contributed by atoms with Crippen LogP contribution in [-0.4, -0.2) is 33.1 Å². The van der Waals surface area contributed by atoms with Crippen LogP contribution in [0.5, 0.6) is 0 Å². The minimum absolute atomic E-state index is 0.0512. The molecule has 2 aromatic rings. The first-order valence-electron chi connectivity index (χ1n) is 8.14. The van der Waals surface area contributed by atoms with Crippen molar-refractivity contribution in [3.8, 4) is 11.3 Å². The zero-order valence-electron chi connectivity index (χ0n) is 14.2. The molecule has 1 aliphatic heterocycles. The maximum atomic E-state index is 12.5. The van der Waals surface area contributed by atoms with Gasteiger partial charge in [0.05, 0.1) is 23.8 Å². The van der Waals surface area contributed by atoms with Crippen LogP contribution in [0.3, 0.4) is 0 Å². The summed E-state index contributed by atoms with van der Waals surface area (Å²) in [5, 5.41) is 0. The van der Waals surface area contributed by atoms with Gasteiger partial charge in [-0.3, -0.25) is 4.90 Å². The van der Waals surface area contributed by atoms with E-state index in [2.05, 4.69) is 25.9 Å². The highest BCUT2D eigenvalue weighted by Crippen LogP contribution is 2.36. The van der Waals surface area contributed by atoms with Gasteiger partial charge in [-0.05, 0) is 51.3 Å². The minimum Gasteiger partial charge on any atom is -0.444 e. The molecule has 24 heavy (non-hydrogen) atoms. The zero-order valence-corrected chi connectivity index (χ0v) is 15.8. The highest BCUT2D eigenvalue weighted by Gasteiger charge is 2.35. The van der Waals surface area contributed by atoms with E-state index in [0.29, 0.717) is 6.54 Å². The molecule has 1 saturated heterocycles. The lowest BCUT2D eigenvalue weighted by molar-refractivity contribution is 0.0222. The summed E-state index contributed by atoms with van der Waals surface area (Å²) in [7, 11) is 0. The van der Waals surface area contributed by atoms with Gasteiger partial charge in [0, 0.05) is 11.0 Å². The first kappa shape index (κ1) is 17.0. The van der Waals surface area contributed by atoms with Crippen molar-refractivity contribution in [2.24, 2.45) is 0 Å². The average Bonchev–Trinajstić information content (AvgIpc) is 3.14. The van der Waals surface area contributed by atoms with Crippen LogP contribution >= 0.6 is 15.9 Å². The number of carbonyl (C=O) groups is 1. The molecular weight excluding hydrogens is 370 g/mol. The third-order valence-corrected chi connectivity index (χ3v) is 4.53. The van der Waals surface area contributed by atoms with Crippen LogP contribution < -0.4 is 0 Å². The summed E-state index contributed by atoms with van der Waals surface area (Å²) in [6, 6.07) is 8.02. The van der Waals surface area contributed by atoms with Gasteiger partial charge in [-0.15, -0.1) is 0 Å². The van der Waals surface area contributed by atoms with E-state index in [1.165, 1.54) is 0 Å². The predicted molar refractivity (Wildman–Crippen MR) is 96.6 cm³/mol. The molecule has 1 N–H and O–H groups in total. The molecule has 0 saturated carbocycles. The van der Waals surface area contributed by atoms with Crippen molar-refractivity contribution in [3.05, 3.63) is 40.8 Å². The van der Waals surface area contributed by atoms with E-state index in [9.17, 15) is 4.79 Å². The largest absolute Gasteiger partial charge is 0.444 e. The smallest absolute Gasteiger partial charge is 0.410 e. The molecular formula is C18H22BrN3O2. The van der Waals surface area contributed by atoms with E-state index in [1.54, 1.807) is 11.2 Å². The van der Waals surface area contributed by atoms with Crippen molar-refractivity contribution < 1.29 is 9.53 Å². The number of aromatic nitrogens is 2. The predicted octanol–water partition coefficient (Wildman–Crippen LogP) is 4.91. The molecule has 0 aliphatic carbocycles. The fraction of sp³-hybridized carbons (Fsp3) is 0.444. The number of nitrogens with zero attached hydrogens (tertiary/aromatic N) is 2. The Kier molecular flexibility index (Phi) is 4.67. The lowest BCUT2D eigenvalue weighted by Gasteiger charge is -2.28. The lowest BCUT2D eigenvalue weighted by Crippen LogP contribution is -2.36. The van der Waals surface area contributed by atoms with Crippen molar-refractivity contribution in [3.63, 3.8) is 0 Å². The lowest BCUT2D eigenvalue weighted by atomic mass is 10.0. The third-order valence-electron chi connectivity index (χ3n) is 4.00. The molecule has 2 heterocycles. The molecule has 1 aromatic heterocycles. The molecule has 1 atom stereocenters. The Morgan fingerprint density at radius 2 is 2.04 bits per heavy atom. The van der Waals surface area contributed by atoms with E-state index in [-0.39, 0.29) is 12.1 Å². The Hall–Kier alpha value is -1.82. The molecule has 1 amide bonds. The molecule has 3 rings (SSSR count). The summed E-state index contributed by atoms with van der Waals surface area (Å²) in [6.07, 6.45) is 3.28. The van der Waals surface area contributed by atoms with Gasteiger partial charge in [-0.25, -0.2) is 9.78 Å². The summed E-state index contributed by atoms with van der Waals surface area (Å²) in [5.74, 6) is 0. The Labute approximate surface area is 150 Å². The number of likely N-dealkylation sites (tertiary alicyclic amines) is 1. The molecule has 0 radical (unpaired) electrons. The van der Waals surface area contributed by atoms with Crippen LogP contribution in [0.2, 0.25) is 0 Å². The summed E-state index contributed by atoms with van der Waals surface area (Å²) in [4.78, 5) is 22.0. The number of H-pyrrole nitrogens is 1. The number of amides is 1. The maximum absolute atomic E-state index is 12.5. The van der Waals surface area contributed by atoms with Gasteiger partial charge < -0.3 is 9.72 Å². The topological polar surface area (TPSA) is 58.2 Å². The first-order chi connectivity index (χ1) is 11.3. The van der Waals surface area contributed by atoms with Crippen LogP contribution in [0.1, 0.15) is 45.3 Å². The second kappa shape index (κ2) is 6.59. The fourth-order valence-corrected chi connectivity index (χ4v) is 3.26. The van der Waals surface area contributed by atoms with Crippen LogP contribution in [0.15, 0.2) is 35.1 Å². The number of imidazole rings is 1. The van der Waals surface area contributed by atoms with E-state index < -0.39 is 5.60 Å². The molecule has 1 fully saturated rings. The van der Waals surface area contributed by atoms with Crippen molar-refractivity contribution >= 4 is 22.0 Å². The van der Waals surface area contributed by atoms with Gasteiger partial charge >= 0.3 is 6.09 Å². The molecule has 1 aliphatic rings. The van der Waals surface area contributed by atoms with E-state index in [0.717, 1.165) is 34.3 Å². The molecule has 0 unspecified atom stereocenters. The maximum Gasteiger partial charge on any atom is 0.410 e. The van der Waals surface area contributed by atoms with Gasteiger partial charge in [-0.1, -0.05) is 28.1 Å². The highest BCUT2D eigenvalue weighted by atomic mass is 79.9. The van der Waals surface area contributed by atoms with Gasteiger partial charge in [0.2, 0.25) is 0 Å². The van der Waals surface area contributed by atoms with Gasteiger partial charge in [0.15, 0.2) is 0 Å². The van der Waals surface area contributed by atoms with Gasteiger partial charge in [0.25, 0.3) is 0 Å². The van der Waals surface area contributed by atoms with Crippen molar-refractivity contribution in [2.45, 2.75) is 45.3 Å². The van der Waals surface area contributed by atoms with Crippen LogP contribution in [0.4, 0.5) is 4.79 Å². The van der Waals surface area contributed by atoms with Crippen LogP contribution in [0, 0.1) is 0 Å². The number of ether oxygens (including phenoxy) is 1. The van der Waals surface area contributed by atoms with E-state index in [4.69, 9.17) is 4.74 Å². The van der Waals surface area contributed by atoms with Crippen molar-refractivity contribution in [2.75, 3.05) is 6.54 Å². The number of hydrogen-bond acceptors (Lipinski definition) is 3. The highest BCUT2D eigenvalue weighted by molar-refractivity contribution is 9.10. The number of carbonyl (C=O) groups excluding carboxylic acids is 1. The number of aromatic amines is 1. The van der Waals surface area contributed by atoms with E-state index in [1.807, 2.05) is 45.0 Å². The SMILES string of the molecule is CC(C)(C)OC(=O)N1CCC[C@H]1c1nc[nH]c1-c1ccc(Br)cc1. The average molecular weight is 392 g/mol. The molecule has 5 nitrogen and oxygen atoms in total. The van der Waals surface area contributed by atoms with Crippen molar-refractivity contribution in [1.29, 1.82) is 0 Å². The minimum atomic E-state index is -0.496. The number of hydrogen-bond donors (Lipinski definition) is 1. The number of halogens is 1. The quantitative estimate of drug-likeness (QED) is 0.790. The molecule has 0 spiro atoms. The number of benzene rings is 1. The first-order valence-corrected chi connectivity index (χ1v) is 8.93. The molecule has 128 valence electrons. The monoisotopic (exact) mass is 391 g/mol. The Balaban J connectivity index is 1.87. The van der Waals surface area contributed by atoms with Gasteiger partial charge in [-0.2, -0.15) is 0 Å². The summed E-state index contributed by atoms with van der Waals surface area (Å²) in [5.41, 5.74) is 2.43. The third kappa shape index (κ3) is 3.64. The fourth-order valence-electron chi connectivity index (χ4n) is 3.00. The number of rotatable bonds is 2. The Morgan fingerprint density at radius 1 is 1.33 bits per heavy atom. The van der Waals surface area contributed by atoms with Crippen molar-refractivity contribution in [1.82, 2.24) is 14.9 Å².